The fourth-order valence-electron chi connectivity index (χ4n) is 2.87. The number of hydrogen-bond donors (Lipinski definition) is 1. The molecule has 0 unspecified atom stereocenters. The molecule has 0 amide bonds. The Balaban J connectivity index is 1.83. The van der Waals surface area contributed by atoms with Crippen molar-refractivity contribution < 1.29 is 22.6 Å². The van der Waals surface area contributed by atoms with Crippen molar-refractivity contribution in [1.82, 2.24) is 9.97 Å². The number of nitrogens with zero attached hydrogens (tertiary/aromatic N) is 3. The van der Waals surface area contributed by atoms with E-state index in [0.717, 1.165) is 0 Å². The van der Waals surface area contributed by atoms with E-state index in [-0.39, 0.29) is 33.2 Å². The molecule has 33 heavy (non-hydrogen) atoms. The van der Waals surface area contributed by atoms with Crippen molar-refractivity contribution in [3.05, 3.63) is 89.5 Å². The van der Waals surface area contributed by atoms with Crippen LogP contribution in [0, 0.1) is 5.21 Å². The van der Waals surface area contributed by atoms with E-state index in [4.69, 9.17) is 21.1 Å². The van der Waals surface area contributed by atoms with Gasteiger partial charge in [0.05, 0.1) is 12.0 Å². The fraction of sp³-hybridized carbons (Fsp3) is 0.0455. The van der Waals surface area contributed by atoms with Gasteiger partial charge in [0.2, 0.25) is 5.75 Å². The van der Waals surface area contributed by atoms with Crippen LogP contribution in [0.25, 0.3) is 11.4 Å². The molecule has 0 bridgehead atoms. The number of anilines is 1. The minimum Gasteiger partial charge on any atom is -0.619 e. The second-order valence-electron chi connectivity index (χ2n) is 6.63. The average molecular weight is 485 g/mol. The molecule has 0 aliphatic rings. The molecule has 4 rings (SSSR count). The summed E-state index contributed by atoms with van der Waals surface area (Å²) in [6, 6.07) is 17.5. The fourth-order valence-corrected chi connectivity index (χ4v) is 4.11. The summed E-state index contributed by atoms with van der Waals surface area (Å²) >= 11 is 6.42. The Morgan fingerprint density at radius 2 is 1.58 bits per heavy atom. The van der Waals surface area contributed by atoms with Crippen LogP contribution >= 0.6 is 11.6 Å². The zero-order valence-corrected chi connectivity index (χ0v) is 18.7. The van der Waals surface area contributed by atoms with Crippen LogP contribution in [0.4, 0.5) is 5.82 Å². The second kappa shape index (κ2) is 9.31. The van der Waals surface area contributed by atoms with Crippen LogP contribution in [0.5, 0.6) is 17.2 Å². The number of ether oxygens (including phenoxy) is 2. The number of benzene rings is 2. The lowest BCUT2D eigenvalue weighted by molar-refractivity contribution is -0.605. The lowest BCUT2D eigenvalue weighted by Crippen LogP contribution is -2.23. The number of halogens is 1. The van der Waals surface area contributed by atoms with Crippen molar-refractivity contribution in [2.24, 2.45) is 0 Å². The van der Waals surface area contributed by atoms with Gasteiger partial charge in [-0.1, -0.05) is 41.9 Å². The predicted molar refractivity (Wildman–Crippen MR) is 122 cm³/mol. The molecule has 0 aliphatic carbocycles. The van der Waals surface area contributed by atoms with E-state index >= 15 is 0 Å². The topological polar surface area (TPSA) is 117 Å². The number of sulfonamides is 1. The maximum atomic E-state index is 13.0. The summed E-state index contributed by atoms with van der Waals surface area (Å²) in [6.45, 7) is 0. The molecule has 9 nitrogen and oxygen atoms in total. The van der Waals surface area contributed by atoms with Gasteiger partial charge in [-0.2, -0.15) is 4.73 Å². The van der Waals surface area contributed by atoms with Gasteiger partial charge in [-0.3, -0.25) is 4.72 Å². The Hall–Kier alpha value is -3.89. The summed E-state index contributed by atoms with van der Waals surface area (Å²) in [5.74, 6) is 0.486. The quantitative estimate of drug-likeness (QED) is 0.239. The van der Waals surface area contributed by atoms with Gasteiger partial charge in [0.25, 0.3) is 10.0 Å². The first-order valence-corrected chi connectivity index (χ1v) is 11.4. The molecule has 168 valence electrons. The summed E-state index contributed by atoms with van der Waals surface area (Å²) in [7, 11) is -2.56. The van der Waals surface area contributed by atoms with Gasteiger partial charge in [0, 0.05) is 17.7 Å². The van der Waals surface area contributed by atoms with Gasteiger partial charge < -0.3 is 14.7 Å². The summed E-state index contributed by atoms with van der Waals surface area (Å²) in [6.07, 6.45) is 2.53. The molecule has 11 heteroatoms. The van der Waals surface area contributed by atoms with Gasteiger partial charge >= 0.3 is 0 Å². The van der Waals surface area contributed by atoms with Crippen molar-refractivity contribution in [2.45, 2.75) is 4.90 Å². The molecule has 0 fully saturated rings. The molecular weight excluding hydrogens is 468 g/mol. The van der Waals surface area contributed by atoms with E-state index in [2.05, 4.69) is 14.7 Å². The monoisotopic (exact) mass is 484 g/mol. The molecule has 4 aromatic rings. The van der Waals surface area contributed by atoms with Crippen LogP contribution in [0.1, 0.15) is 0 Å². The number of hydrogen-bond acceptors (Lipinski definition) is 7. The van der Waals surface area contributed by atoms with Crippen LogP contribution in [0.3, 0.4) is 0 Å². The Bertz CT molecular complexity index is 1380. The molecule has 2 aromatic heterocycles. The van der Waals surface area contributed by atoms with E-state index in [1.165, 1.54) is 43.8 Å². The summed E-state index contributed by atoms with van der Waals surface area (Å²) < 4.78 is 40.2. The Kier molecular flexibility index (Phi) is 6.29. The van der Waals surface area contributed by atoms with Crippen LogP contribution in [0.2, 0.25) is 5.15 Å². The molecule has 2 heterocycles. The maximum Gasteiger partial charge on any atom is 0.263 e. The van der Waals surface area contributed by atoms with E-state index in [1.54, 1.807) is 42.5 Å². The molecule has 0 saturated heterocycles. The summed E-state index contributed by atoms with van der Waals surface area (Å²) in [4.78, 5) is 8.59. The zero-order chi connectivity index (χ0) is 23.4. The minimum atomic E-state index is -4.03. The van der Waals surface area contributed by atoms with E-state index in [1.807, 2.05) is 0 Å². The normalized spacial score (nSPS) is 11.1. The lowest BCUT2D eigenvalue weighted by Gasteiger charge is -2.16. The van der Waals surface area contributed by atoms with Gasteiger partial charge in [-0.05, 0) is 24.3 Å². The number of rotatable bonds is 7. The first-order chi connectivity index (χ1) is 15.9. The van der Waals surface area contributed by atoms with E-state index in [9.17, 15) is 13.6 Å². The smallest absolute Gasteiger partial charge is 0.263 e. The van der Waals surface area contributed by atoms with E-state index < -0.39 is 10.0 Å². The third-order valence-electron chi connectivity index (χ3n) is 4.45. The first-order valence-electron chi connectivity index (χ1n) is 9.53. The first kappa shape index (κ1) is 22.3. The number of para-hydroxylation sites is 2. The van der Waals surface area contributed by atoms with Gasteiger partial charge in [-0.15, -0.1) is 0 Å². The van der Waals surface area contributed by atoms with Gasteiger partial charge in [0.1, 0.15) is 0 Å². The Morgan fingerprint density at radius 3 is 2.24 bits per heavy atom. The number of pyridine rings is 1. The van der Waals surface area contributed by atoms with Gasteiger partial charge in [-0.25, -0.2) is 18.4 Å². The predicted octanol–water partition coefficient (Wildman–Crippen LogP) is 4.03. The zero-order valence-electron chi connectivity index (χ0n) is 17.2. The summed E-state index contributed by atoms with van der Waals surface area (Å²) in [5, 5.41) is 11.2. The highest BCUT2D eigenvalue weighted by molar-refractivity contribution is 7.92. The molecule has 0 atom stereocenters. The standard InChI is InChI=1S/C22H17ClN4O5S/c1-31-17-9-5-6-10-18(17)32-19-20(23)24-21(15-11-13-27(28)14-12-15)25-22(19)26-33(29,30)16-7-3-2-4-8-16/h2-14H,1H3,(H,24,25,26). The van der Waals surface area contributed by atoms with Crippen molar-refractivity contribution in [2.75, 3.05) is 11.8 Å². The molecule has 1 N–H and O–H groups in total. The van der Waals surface area contributed by atoms with Crippen molar-refractivity contribution >= 4 is 27.4 Å². The highest BCUT2D eigenvalue weighted by Crippen LogP contribution is 2.39. The molecular formula is C22H17ClN4O5S. The average Bonchev–Trinajstić information content (AvgIpc) is 2.82. The lowest BCUT2D eigenvalue weighted by atomic mass is 10.2. The maximum absolute atomic E-state index is 13.0. The van der Waals surface area contributed by atoms with Gasteiger partial charge in [0.15, 0.2) is 40.7 Å². The second-order valence-corrected chi connectivity index (χ2v) is 8.67. The number of methoxy groups -OCH3 is 1. The molecule has 0 saturated carbocycles. The van der Waals surface area contributed by atoms with Crippen LogP contribution in [0.15, 0.2) is 84.0 Å². The minimum absolute atomic E-state index is 0.0247. The van der Waals surface area contributed by atoms with Crippen LogP contribution in [-0.4, -0.2) is 25.5 Å². The molecule has 2 aromatic carbocycles. The third kappa shape index (κ3) is 4.97. The Morgan fingerprint density at radius 1 is 0.939 bits per heavy atom. The van der Waals surface area contributed by atoms with Crippen molar-refractivity contribution in [3.63, 3.8) is 0 Å². The van der Waals surface area contributed by atoms with Crippen molar-refractivity contribution in [1.29, 1.82) is 0 Å². The number of nitrogens with one attached hydrogen (secondary N) is 1. The summed E-state index contributed by atoms with van der Waals surface area (Å²) in [5.41, 5.74) is 0.452. The third-order valence-corrected chi connectivity index (χ3v) is 6.06. The molecule has 0 radical (unpaired) electrons. The van der Waals surface area contributed by atoms with Crippen LogP contribution < -0.4 is 18.9 Å². The SMILES string of the molecule is COc1ccccc1Oc1c(Cl)nc(-c2cc[n+]([O-])cc2)nc1NS(=O)(=O)c1ccccc1. The largest absolute Gasteiger partial charge is 0.619 e. The Labute approximate surface area is 194 Å². The van der Waals surface area contributed by atoms with Crippen molar-refractivity contribution in [3.8, 4) is 28.6 Å². The van der Waals surface area contributed by atoms with Crippen LogP contribution in [-0.2, 0) is 10.0 Å². The highest BCUT2D eigenvalue weighted by Gasteiger charge is 2.23. The highest BCUT2D eigenvalue weighted by atomic mass is 35.5. The molecule has 0 spiro atoms. The number of aromatic nitrogens is 3. The van der Waals surface area contributed by atoms with E-state index in [0.29, 0.717) is 16.0 Å². The molecule has 0 aliphatic heterocycles.